The van der Waals surface area contributed by atoms with Crippen LogP contribution in [0.3, 0.4) is 0 Å². The lowest BCUT2D eigenvalue weighted by Gasteiger charge is -2.30. The average Bonchev–Trinajstić information content (AvgIpc) is 2.38. The van der Waals surface area contributed by atoms with E-state index in [4.69, 9.17) is 5.26 Å². The Labute approximate surface area is 103 Å². The molecule has 1 aromatic rings. The Morgan fingerprint density at radius 3 is 3.22 bits per heavy atom. The predicted molar refractivity (Wildman–Crippen MR) is 61.6 cm³/mol. The van der Waals surface area contributed by atoms with E-state index in [-0.39, 0.29) is 0 Å². The molecule has 0 amide bonds. The highest BCUT2D eigenvalue weighted by Crippen LogP contribution is 2.23. The first kappa shape index (κ1) is 12.0. The Bertz CT molecular complexity index is 547. The van der Waals surface area contributed by atoms with Crippen LogP contribution in [0.15, 0.2) is 23.3 Å². The van der Waals surface area contributed by atoms with Gasteiger partial charge in [0.2, 0.25) is 5.60 Å². The summed E-state index contributed by atoms with van der Waals surface area (Å²) in [4.78, 5) is 19.5. The minimum absolute atomic E-state index is 0.502. The molecular formula is C11H10N4O3. The van der Waals surface area contributed by atoms with Crippen LogP contribution in [0.1, 0.15) is 12.5 Å². The molecule has 1 aliphatic heterocycles. The van der Waals surface area contributed by atoms with Gasteiger partial charge in [-0.2, -0.15) is 0 Å². The maximum absolute atomic E-state index is 11.4. The van der Waals surface area contributed by atoms with Gasteiger partial charge >= 0.3 is 5.97 Å². The van der Waals surface area contributed by atoms with Crippen molar-refractivity contribution >= 4 is 18.0 Å². The van der Waals surface area contributed by atoms with Crippen molar-refractivity contribution in [2.24, 2.45) is 4.99 Å². The van der Waals surface area contributed by atoms with Crippen molar-refractivity contribution in [2.45, 2.75) is 18.7 Å². The number of nitrogens with zero attached hydrogens (tertiary/aromatic N) is 3. The molecule has 1 aromatic heterocycles. The van der Waals surface area contributed by atoms with Crippen LogP contribution in [0.25, 0.3) is 0 Å². The smallest absolute Gasteiger partial charge is 0.357 e. The summed E-state index contributed by atoms with van der Waals surface area (Å²) in [7, 11) is 0. The normalized spacial score (nSPS) is 19.9. The van der Waals surface area contributed by atoms with Gasteiger partial charge in [-0.1, -0.05) is 0 Å². The number of rotatable bonds is 2. The Balaban J connectivity index is 2.24. The molecule has 0 fully saturated rings. The Kier molecular flexibility index (Phi) is 2.95. The van der Waals surface area contributed by atoms with Gasteiger partial charge in [0.05, 0.1) is 0 Å². The lowest BCUT2D eigenvalue weighted by molar-refractivity contribution is -0.157. The van der Waals surface area contributed by atoms with Gasteiger partial charge in [0, 0.05) is 18.0 Å². The average molecular weight is 246 g/mol. The monoisotopic (exact) mass is 246 g/mol. The van der Waals surface area contributed by atoms with Crippen LogP contribution in [-0.2, 0) is 9.53 Å². The van der Waals surface area contributed by atoms with E-state index in [2.05, 4.69) is 20.0 Å². The minimum Gasteiger partial charge on any atom is -0.375 e. The lowest BCUT2D eigenvalue weighted by atomic mass is 10.0. The fraction of sp³-hybridized carbons (Fsp3) is 0.273. The van der Waals surface area contributed by atoms with E-state index >= 15 is 0 Å². The number of aliphatic hydroxyl groups is 1. The van der Waals surface area contributed by atoms with Crippen molar-refractivity contribution in [3.8, 4) is 6.26 Å². The van der Waals surface area contributed by atoms with Gasteiger partial charge in [0.25, 0.3) is 6.26 Å². The molecule has 2 unspecified atom stereocenters. The number of carbonyl (C=O) groups excluding carboxylic acids is 1. The van der Waals surface area contributed by atoms with E-state index in [9.17, 15) is 9.90 Å². The molecule has 0 saturated carbocycles. The highest BCUT2D eigenvalue weighted by Gasteiger charge is 2.42. The van der Waals surface area contributed by atoms with Crippen molar-refractivity contribution in [1.82, 2.24) is 4.98 Å². The van der Waals surface area contributed by atoms with Crippen LogP contribution in [0, 0.1) is 11.5 Å². The summed E-state index contributed by atoms with van der Waals surface area (Å²) in [5.74, 6) is -0.568. The maximum Gasteiger partial charge on any atom is 0.357 e. The number of ether oxygens (including phenoxy) is 1. The second-order valence-corrected chi connectivity index (χ2v) is 3.89. The molecule has 1 aliphatic rings. The lowest BCUT2D eigenvalue weighted by Crippen LogP contribution is -2.51. The summed E-state index contributed by atoms with van der Waals surface area (Å²) < 4.78 is 4.13. The van der Waals surface area contributed by atoms with E-state index in [0.717, 1.165) is 5.56 Å². The molecule has 0 bridgehead atoms. The number of nitrogens with one attached hydrogen (secondary N) is 1. The molecule has 0 aromatic carbocycles. The number of hydrogen-bond donors (Lipinski definition) is 2. The van der Waals surface area contributed by atoms with Crippen LogP contribution >= 0.6 is 0 Å². The molecule has 2 heterocycles. The molecule has 0 radical (unpaired) electrons. The molecule has 18 heavy (non-hydrogen) atoms. The van der Waals surface area contributed by atoms with Crippen molar-refractivity contribution in [3.63, 3.8) is 0 Å². The number of aliphatic imine (C=N–C) groups is 1. The zero-order valence-electron chi connectivity index (χ0n) is 9.49. The number of anilines is 1. The van der Waals surface area contributed by atoms with Crippen molar-refractivity contribution < 1.29 is 14.6 Å². The number of esters is 1. The first-order valence-electron chi connectivity index (χ1n) is 5.13. The number of pyridine rings is 1. The molecule has 7 nitrogen and oxygen atoms in total. The van der Waals surface area contributed by atoms with Gasteiger partial charge in [-0.25, -0.2) is 9.78 Å². The van der Waals surface area contributed by atoms with Gasteiger partial charge in [0.1, 0.15) is 5.82 Å². The quantitative estimate of drug-likeness (QED) is 0.563. The molecular weight excluding hydrogens is 236 g/mol. The number of aromatic nitrogens is 1. The molecule has 0 saturated heterocycles. The van der Waals surface area contributed by atoms with Gasteiger partial charge in [-0.15, -0.1) is 5.26 Å². The number of hydrogen-bond acceptors (Lipinski definition) is 7. The summed E-state index contributed by atoms with van der Waals surface area (Å²) in [5, 5.41) is 21.1. The topological polar surface area (TPSA) is 108 Å². The van der Waals surface area contributed by atoms with E-state index in [1.807, 2.05) is 0 Å². The molecule has 2 rings (SSSR count). The summed E-state index contributed by atoms with van der Waals surface area (Å²) in [6.45, 7) is 1.22. The third kappa shape index (κ3) is 2.01. The first-order valence-corrected chi connectivity index (χ1v) is 5.13. The SMILES string of the molecule is CC(O)(C(=O)OC#N)C1N=Cc2cccnc2N1. The van der Waals surface area contributed by atoms with Gasteiger partial charge in [-0.05, 0) is 19.1 Å². The number of carbonyl (C=O) groups is 1. The van der Waals surface area contributed by atoms with Crippen molar-refractivity contribution in [3.05, 3.63) is 23.9 Å². The van der Waals surface area contributed by atoms with E-state index in [1.54, 1.807) is 18.3 Å². The standard InChI is InChI=1S/C11H10N4O3/c1-11(17,10(16)18-6-12)9-14-5-7-3-2-4-13-8(7)15-9/h2-5,9,17H,1H3,(H,13,15). The highest BCUT2D eigenvalue weighted by atomic mass is 16.5. The zero-order chi connectivity index (χ0) is 13.2. The number of nitriles is 1. The van der Waals surface area contributed by atoms with Gasteiger partial charge in [-0.3, -0.25) is 4.99 Å². The van der Waals surface area contributed by atoms with Gasteiger partial charge in [0.15, 0.2) is 6.17 Å². The fourth-order valence-electron chi connectivity index (χ4n) is 1.51. The molecule has 92 valence electrons. The van der Waals surface area contributed by atoms with E-state index in [1.165, 1.54) is 19.4 Å². The summed E-state index contributed by atoms with van der Waals surface area (Å²) in [6.07, 6.45) is 3.34. The van der Waals surface area contributed by atoms with Gasteiger partial charge < -0.3 is 15.2 Å². The maximum atomic E-state index is 11.4. The number of fused-ring (bicyclic) bond motifs is 1. The Morgan fingerprint density at radius 2 is 2.50 bits per heavy atom. The Morgan fingerprint density at radius 1 is 1.72 bits per heavy atom. The Hall–Kier alpha value is -2.46. The zero-order valence-corrected chi connectivity index (χ0v) is 9.49. The second kappa shape index (κ2) is 4.43. The fourth-order valence-corrected chi connectivity index (χ4v) is 1.51. The van der Waals surface area contributed by atoms with Crippen molar-refractivity contribution in [2.75, 3.05) is 5.32 Å². The van der Waals surface area contributed by atoms with Crippen LogP contribution < -0.4 is 5.32 Å². The van der Waals surface area contributed by atoms with Crippen LogP contribution in [0.2, 0.25) is 0 Å². The van der Waals surface area contributed by atoms with Crippen LogP contribution in [0.4, 0.5) is 5.82 Å². The predicted octanol–water partition coefficient (Wildman–Crippen LogP) is 0.0274. The summed E-state index contributed by atoms with van der Waals surface area (Å²) >= 11 is 0. The van der Waals surface area contributed by atoms with Crippen molar-refractivity contribution in [1.29, 1.82) is 5.26 Å². The molecule has 7 heteroatoms. The highest BCUT2D eigenvalue weighted by molar-refractivity contribution is 5.90. The molecule has 0 spiro atoms. The second-order valence-electron chi connectivity index (χ2n) is 3.89. The largest absolute Gasteiger partial charge is 0.375 e. The van der Waals surface area contributed by atoms with E-state index in [0.29, 0.717) is 5.82 Å². The van der Waals surface area contributed by atoms with Crippen LogP contribution in [0.5, 0.6) is 0 Å². The summed E-state index contributed by atoms with van der Waals surface area (Å²) in [6, 6.07) is 3.53. The first-order chi connectivity index (χ1) is 8.55. The molecule has 0 aliphatic carbocycles. The third-order valence-electron chi connectivity index (χ3n) is 2.56. The third-order valence-corrected chi connectivity index (χ3v) is 2.56. The van der Waals surface area contributed by atoms with E-state index < -0.39 is 17.7 Å². The summed E-state index contributed by atoms with van der Waals surface area (Å²) in [5.41, 5.74) is -1.21. The van der Waals surface area contributed by atoms with Crippen LogP contribution in [-0.4, -0.2) is 34.0 Å². The minimum atomic E-state index is -1.96. The molecule has 2 atom stereocenters. The molecule has 2 N–H and O–H groups in total.